The van der Waals surface area contributed by atoms with Crippen LogP contribution in [0.2, 0.25) is 0 Å². The van der Waals surface area contributed by atoms with Crippen molar-refractivity contribution >= 4 is 17.5 Å². The van der Waals surface area contributed by atoms with Crippen LogP contribution in [0.5, 0.6) is 0 Å². The van der Waals surface area contributed by atoms with Gasteiger partial charge in [0.2, 0.25) is 5.91 Å². The van der Waals surface area contributed by atoms with E-state index >= 15 is 0 Å². The molecule has 0 aliphatic carbocycles. The average Bonchev–Trinajstić information content (AvgIpc) is 2.35. The zero-order valence-corrected chi connectivity index (χ0v) is 11.7. The van der Waals surface area contributed by atoms with E-state index in [4.69, 9.17) is 10.5 Å². The van der Waals surface area contributed by atoms with Gasteiger partial charge in [-0.3, -0.25) is 4.79 Å². The highest BCUT2D eigenvalue weighted by molar-refractivity contribution is 5.83. The number of amides is 1. The minimum Gasteiger partial charge on any atom is -0.377 e. The molecule has 0 bridgehead atoms. The maximum absolute atomic E-state index is 11.4. The number of nitrogens with zero attached hydrogens (tertiary/aromatic N) is 2. The van der Waals surface area contributed by atoms with Crippen LogP contribution in [0.1, 0.15) is 19.7 Å². The first-order valence-corrected chi connectivity index (χ1v) is 6.08. The normalized spacial score (nSPS) is 12.3. The molecule has 0 aliphatic rings. The van der Waals surface area contributed by atoms with Crippen LogP contribution in [0.15, 0.2) is 6.07 Å². The molecule has 19 heavy (non-hydrogen) atoms. The number of hydrogen-bond donors (Lipinski definition) is 3. The molecule has 0 saturated carbocycles. The number of rotatable bonds is 7. The molecule has 1 aromatic heterocycles. The van der Waals surface area contributed by atoms with Crippen LogP contribution in [-0.2, 0) is 16.1 Å². The van der Waals surface area contributed by atoms with Crippen LogP contribution in [0, 0.1) is 5.92 Å². The van der Waals surface area contributed by atoms with E-state index < -0.39 is 11.9 Å². The highest BCUT2D eigenvalue weighted by Crippen LogP contribution is 2.15. The standard InChI is InChI=1S/C12H21N5O2/c1-7(2)11(12(13)18)17-9-5-8(14-3)15-10(16-9)6-19-4/h5,7,11H,6H2,1-4H3,(H2,13,18)(H2,14,15,16,17). The Morgan fingerprint density at radius 1 is 1.42 bits per heavy atom. The number of nitrogens with two attached hydrogens (primary N) is 1. The first kappa shape index (κ1) is 15.2. The van der Waals surface area contributed by atoms with Gasteiger partial charge in [-0.2, -0.15) is 0 Å². The number of carbonyl (C=O) groups excluding carboxylic acids is 1. The number of anilines is 2. The Morgan fingerprint density at radius 3 is 2.53 bits per heavy atom. The SMILES string of the molecule is CNc1cc(NC(C(N)=O)C(C)C)nc(COC)n1. The molecule has 1 heterocycles. The maximum Gasteiger partial charge on any atom is 0.240 e. The van der Waals surface area contributed by atoms with Gasteiger partial charge in [0.05, 0.1) is 0 Å². The molecule has 7 nitrogen and oxygen atoms in total. The van der Waals surface area contributed by atoms with Crippen molar-refractivity contribution in [3.63, 3.8) is 0 Å². The summed E-state index contributed by atoms with van der Waals surface area (Å²) in [4.78, 5) is 19.9. The third-order valence-electron chi connectivity index (χ3n) is 2.58. The summed E-state index contributed by atoms with van der Waals surface area (Å²) in [7, 11) is 3.33. The lowest BCUT2D eigenvalue weighted by Gasteiger charge is -2.20. The van der Waals surface area contributed by atoms with E-state index in [1.54, 1.807) is 20.2 Å². The molecule has 106 valence electrons. The van der Waals surface area contributed by atoms with Crippen LogP contribution < -0.4 is 16.4 Å². The van der Waals surface area contributed by atoms with Gasteiger partial charge >= 0.3 is 0 Å². The van der Waals surface area contributed by atoms with Crippen LogP contribution in [0.3, 0.4) is 0 Å². The van der Waals surface area contributed by atoms with E-state index in [9.17, 15) is 4.79 Å². The van der Waals surface area contributed by atoms with Gasteiger partial charge in [0.15, 0.2) is 5.82 Å². The fraction of sp³-hybridized carbons (Fsp3) is 0.583. The summed E-state index contributed by atoms with van der Waals surface area (Å²) in [6.07, 6.45) is 0. The second kappa shape index (κ2) is 6.89. The topological polar surface area (TPSA) is 102 Å². The Kier molecular flexibility index (Phi) is 5.50. The van der Waals surface area contributed by atoms with Crippen LogP contribution >= 0.6 is 0 Å². The van der Waals surface area contributed by atoms with Gasteiger partial charge in [0, 0.05) is 20.2 Å². The Morgan fingerprint density at radius 2 is 2.05 bits per heavy atom. The van der Waals surface area contributed by atoms with E-state index in [-0.39, 0.29) is 5.92 Å². The molecule has 4 N–H and O–H groups in total. The monoisotopic (exact) mass is 267 g/mol. The second-order valence-corrected chi connectivity index (χ2v) is 4.51. The third kappa shape index (κ3) is 4.36. The predicted octanol–water partition coefficient (Wildman–Crippen LogP) is 0.586. The van der Waals surface area contributed by atoms with Gasteiger partial charge in [-0.05, 0) is 5.92 Å². The Balaban J connectivity index is 2.98. The van der Waals surface area contributed by atoms with Gasteiger partial charge in [-0.15, -0.1) is 0 Å². The Hall–Kier alpha value is -1.89. The van der Waals surface area contributed by atoms with Crippen molar-refractivity contribution in [3.05, 3.63) is 11.9 Å². The molecule has 0 fully saturated rings. The van der Waals surface area contributed by atoms with Crippen LogP contribution in [-0.4, -0.2) is 36.1 Å². The minimum absolute atomic E-state index is 0.0661. The number of aromatic nitrogens is 2. The number of methoxy groups -OCH3 is 1. The Bertz CT molecular complexity index is 436. The molecular formula is C12H21N5O2. The van der Waals surface area contributed by atoms with Gasteiger partial charge < -0.3 is 21.1 Å². The second-order valence-electron chi connectivity index (χ2n) is 4.51. The number of ether oxygens (including phenoxy) is 1. The highest BCUT2D eigenvalue weighted by Gasteiger charge is 2.20. The highest BCUT2D eigenvalue weighted by atomic mass is 16.5. The number of hydrogen-bond acceptors (Lipinski definition) is 6. The van der Waals surface area contributed by atoms with Crippen molar-refractivity contribution in [2.24, 2.45) is 11.7 Å². The lowest BCUT2D eigenvalue weighted by atomic mass is 10.0. The van der Waals surface area contributed by atoms with Crippen molar-refractivity contribution in [2.45, 2.75) is 26.5 Å². The van der Waals surface area contributed by atoms with E-state index in [0.717, 1.165) is 0 Å². The molecule has 1 unspecified atom stereocenters. The zero-order valence-electron chi connectivity index (χ0n) is 11.7. The summed E-state index contributed by atoms with van der Waals surface area (Å²) < 4.78 is 5.01. The summed E-state index contributed by atoms with van der Waals surface area (Å²) in [5.41, 5.74) is 5.37. The number of nitrogens with one attached hydrogen (secondary N) is 2. The maximum atomic E-state index is 11.4. The van der Waals surface area contributed by atoms with Gasteiger partial charge in [0.1, 0.15) is 24.3 Å². The molecule has 1 rings (SSSR count). The minimum atomic E-state index is -0.477. The molecule has 0 aliphatic heterocycles. The van der Waals surface area contributed by atoms with Crippen molar-refractivity contribution in [2.75, 3.05) is 24.8 Å². The summed E-state index contributed by atoms with van der Waals surface area (Å²) in [6.45, 7) is 4.13. The molecule has 0 saturated heterocycles. The molecule has 7 heteroatoms. The largest absolute Gasteiger partial charge is 0.377 e. The van der Waals surface area contributed by atoms with Gasteiger partial charge in [0.25, 0.3) is 0 Å². The third-order valence-corrected chi connectivity index (χ3v) is 2.58. The first-order chi connectivity index (χ1) is 8.97. The van der Waals surface area contributed by atoms with E-state index in [0.29, 0.717) is 24.1 Å². The van der Waals surface area contributed by atoms with Crippen molar-refractivity contribution < 1.29 is 9.53 Å². The van der Waals surface area contributed by atoms with Crippen molar-refractivity contribution in [1.82, 2.24) is 9.97 Å². The summed E-state index contributed by atoms with van der Waals surface area (Å²) in [6, 6.07) is 1.24. The van der Waals surface area contributed by atoms with Gasteiger partial charge in [-0.25, -0.2) is 9.97 Å². The fourth-order valence-corrected chi connectivity index (χ4v) is 1.62. The molecular weight excluding hydrogens is 246 g/mol. The van der Waals surface area contributed by atoms with Crippen molar-refractivity contribution in [1.29, 1.82) is 0 Å². The van der Waals surface area contributed by atoms with Crippen LogP contribution in [0.25, 0.3) is 0 Å². The fourth-order valence-electron chi connectivity index (χ4n) is 1.62. The van der Waals surface area contributed by atoms with Crippen LogP contribution in [0.4, 0.5) is 11.6 Å². The predicted molar refractivity (Wildman–Crippen MR) is 73.7 cm³/mol. The first-order valence-electron chi connectivity index (χ1n) is 6.08. The number of primary amides is 1. The quantitative estimate of drug-likeness (QED) is 0.668. The molecule has 1 amide bonds. The lowest BCUT2D eigenvalue weighted by Crippen LogP contribution is -2.39. The number of carbonyl (C=O) groups is 1. The lowest BCUT2D eigenvalue weighted by molar-refractivity contribution is -0.119. The summed E-state index contributed by atoms with van der Waals surface area (Å²) >= 11 is 0. The van der Waals surface area contributed by atoms with E-state index in [1.807, 2.05) is 13.8 Å². The average molecular weight is 267 g/mol. The molecule has 0 radical (unpaired) electrons. The van der Waals surface area contributed by atoms with Crippen molar-refractivity contribution in [3.8, 4) is 0 Å². The van der Waals surface area contributed by atoms with Gasteiger partial charge in [-0.1, -0.05) is 13.8 Å². The summed E-state index contributed by atoms with van der Waals surface area (Å²) in [5.74, 6) is 1.38. The van der Waals surface area contributed by atoms with E-state index in [2.05, 4.69) is 20.6 Å². The summed E-state index contributed by atoms with van der Waals surface area (Å²) in [5, 5.41) is 5.97. The molecule has 0 spiro atoms. The molecule has 1 atom stereocenters. The molecule has 1 aromatic rings. The van der Waals surface area contributed by atoms with E-state index in [1.165, 1.54) is 0 Å². The molecule has 0 aromatic carbocycles. The Labute approximate surface area is 113 Å². The smallest absolute Gasteiger partial charge is 0.240 e. The zero-order chi connectivity index (χ0) is 14.4.